The van der Waals surface area contributed by atoms with Gasteiger partial charge < -0.3 is 10.2 Å². The maximum atomic E-state index is 12.0. The first-order chi connectivity index (χ1) is 9.47. The Hall–Kier alpha value is -1.66. The molecule has 0 unspecified atom stereocenters. The quantitative estimate of drug-likeness (QED) is 0.622. The third kappa shape index (κ3) is 2.05. The van der Waals surface area contributed by atoms with Crippen LogP contribution in [-0.2, 0) is 0 Å². The van der Waals surface area contributed by atoms with Crippen molar-refractivity contribution in [2.45, 2.75) is 44.4 Å². The van der Waals surface area contributed by atoms with Gasteiger partial charge in [0.05, 0.1) is 18.2 Å². The normalized spacial score (nSPS) is 32.9. The second kappa shape index (κ2) is 4.71. The molecule has 0 aliphatic heterocycles. The molecule has 1 heterocycles. The summed E-state index contributed by atoms with van der Waals surface area (Å²) in [5.41, 5.74) is 0.634. The van der Waals surface area contributed by atoms with Gasteiger partial charge in [-0.15, -0.1) is 0 Å². The van der Waals surface area contributed by atoms with E-state index in [1.807, 2.05) is 6.08 Å². The average molecular weight is 278 g/mol. The molecule has 20 heavy (non-hydrogen) atoms. The summed E-state index contributed by atoms with van der Waals surface area (Å²) in [7, 11) is 0. The Morgan fingerprint density at radius 3 is 2.80 bits per heavy atom. The number of aryl methyl sites for hydroxylation is 1. The zero-order valence-corrected chi connectivity index (χ0v) is 11.2. The molecule has 2 aliphatic rings. The van der Waals surface area contributed by atoms with Gasteiger partial charge in [0.25, 0.3) is 5.56 Å². The van der Waals surface area contributed by atoms with Crippen LogP contribution in [0.25, 0.3) is 0 Å². The predicted molar refractivity (Wildman–Crippen MR) is 72.5 cm³/mol. The van der Waals surface area contributed by atoms with Crippen molar-refractivity contribution < 1.29 is 10.2 Å². The van der Waals surface area contributed by atoms with Gasteiger partial charge in [-0.05, 0) is 31.8 Å². The van der Waals surface area contributed by atoms with E-state index in [2.05, 4.69) is 4.98 Å². The van der Waals surface area contributed by atoms with Crippen molar-refractivity contribution in [3.05, 3.63) is 44.2 Å². The summed E-state index contributed by atoms with van der Waals surface area (Å²) in [6.07, 6.45) is 4.01. The van der Waals surface area contributed by atoms with Crippen LogP contribution in [-0.4, -0.2) is 32.0 Å². The molecule has 1 saturated carbocycles. The Bertz CT molecular complexity index is 672. The number of hydrogen-bond donors (Lipinski definition) is 3. The fourth-order valence-electron chi connectivity index (χ4n) is 3.33. The molecular weight excluding hydrogens is 260 g/mol. The minimum absolute atomic E-state index is 0.0946. The molecule has 0 aromatic carbocycles. The predicted octanol–water partition coefficient (Wildman–Crippen LogP) is -0.152. The first-order valence-corrected chi connectivity index (χ1v) is 6.85. The second-order valence-electron chi connectivity index (χ2n) is 5.73. The number of fused-ring (bicyclic) bond motifs is 1. The van der Waals surface area contributed by atoms with Crippen molar-refractivity contribution in [2.75, 3.05) is 0 Å². The standard InChI is InChI=1S/C14H18N2O4/c1-7-6-16(14(20)15-13(7)19)11-5-12(18)10-4-8(17)2-3-9(10)11/h3,6,8,10-12,17-18H,2,4-5H2,1H3,(H,15,19,20)/t8-,10-,11-,12-/m0/s1. The lowest BCUT2D eigenvalue weighted by Gasteiger charge is -2.26. The number of aliphatic hydroxyl groups excluding tert-OH is 2. The smallest absolute Gasteiger partial charge is 0.328 e. The van der Waals surface area contributed by atoms with Gasteiger partial charge in [-0.25, -0.2) is 4.79 Å². The topological polar surface area (TPSA) is 95.3 Å². The molecule has 2 aliphatic carbocycles. The van der Waals surface area contributed by atoms with Crippen LogP contribution in [0.1, 0.15) is 30.9 Å². The highest BCUT2D eigenvalue weighted by atomic mass is 16.3. The highest BCUT2D eigenvalue weighted by Crippen LogP contribution is 2.44. The number of nitrogens with one attached hydrogen (secondary N) is 1. The van der Waals surface area contributed by atoms with E-state index in [9.17, 15) is 19.8 Å². The zero-order chi connectivity index (χ0) is 14.4. The van der Waals surface area contributed by atoms with Crippen molar-refractivity contribution in [2.24, 2.45) is 5.92 Å². The Morgan fingerprint density at radius 1 is 1.30 bits per heavy atom. The molecule has 108 valence electrons. The Kier molecular flexibility index (Phi) is 3.14. The van der Waals surface area contributed by atoms with Crippen LogP contribution in [0.2, 0.25) is 0 Å². The van der Waals surface area contributed by atoms with Crippen LogP contribution in [0.15, 0.2) is 27.4 Å². The third-order valence-electron chi connectivity index (χ3n) is 4.38. The lowest BCUT2D eigenvalue weighted by Crippen LogP contribution is -2.33. The van der Waals surface area contributed by atoms with Gasteiger partial charge in [-0.2, -0.15) is 0 Å². The summed E-state index contributed by atoms with van der Waals surface area (Å²) < 4.78 is 1.49. The molecule has 4 atom stereocenters. The minimum atomic E-state index is -0.555. The van der Waals surface area contributed by atoms with E-state index in [1.165, 1.54) is 4.57 Å². The van der Waals surface area contributed by atoms with E-state index >= 15 is 0 Å². The van der Waals surface area contributed by atoms with Crippen LogP contribution in [0.3, 0.4) is 0 Å². The Balaban J connectivity index is 2.05. The number of aromatic amines is 1. The number of aliphatic hydroxyl groups is 2. The van der Waals surface area contributed by atoms with Crippen LogP contribution < -0.4 is 11.2 Å². The van der Waals surface area contributed by atoms with E-state index in [0.29, 0.717) is 24.8 Å². The number of nitrogens with zero attached hydrogens (tertiary/aromatic N) is 1. The van der Waals surface area contributed by atoms with Gasteiger partial charge in [0, 0.05) is 17.7 Å². The van der Waals surface area contributed by atoms with Crippen molar-refractivity contribution >= 4 is 0 Å². The maximum absolute atomic E-state index is 12.0. The van der Waals surface area contributed by atoms with E-state index in [0.717, 1.165) is 5.57 Å². The Morgan fingerprint density at radius 2 is 2.05 bits per heavy atom. The molecule has 3 rings (SSSR count). The molecule has 3 N–H and O–H groups in total. The summed E-state index contributed by atoms with van der Waals surface area (Å²) in [5, 5.41) is 19.8. The van der Waals surface area contributed by atoms with Gasteiger partial charge in [0.2, 0.25) is 0 Å². The van der Waals surface area contributed by atoms with Gasteiger partial charge >= 0.3 is 5.69 Å². The van der Waals surface area contributed by atoms with Gasteiger partial charge in [0.15, 0.2) is 0 Å². The Labute approximate surface area is 115 Å². The SMILES string of the molecule is Cc1cn([C@H]2C[C@H](O)[C@H]3C[C@@H](O)CC=C32)c(=O)[nH]c1=O. The molecule has 0 spiro atoms. The average Bonchev–Trinajstić information content (AvgIpc) is 2.71. The summed E-state index contributed by atoms with van der Waals surface area (Å²) in [6, 6.07) is -0.231. The molecule has 0 amide bonds. The monoisotopic (exact) mass is 278 g/mol. The second-order valence-corrected chi connectivity index (χ2v) is 5.73. The first-order valence-electron chi connectivity index (χ1n) is 6.85. The van der Waals surface area contributed by atoms with E-state index in [-0.39, 0.29) is 17.5 Å². The van der Waals surface area contributed by atoms with Crippen molar-refractivity contribution in [1.82, 2.24) is 9.55 Å². The molecule has 1 aromatic rings. The summed E-state index contributed by atoms with van der Waals surface area (Å²) in [4.78, 5) is 25.7. The number of aromatic nitrogens is 2. The van der Waals surface area contributed by atoms with Crippen molar-refractivity contribution in [3.8, 4) is 0 Å². The molecule has 0 bridgehead atoms. The number of H-pyrrole nitrogens is 1. The lowest BCUT2D eigenvalue weighted by atomic mass is 9.86. The van der Waals surface area contributed by atoms with Crippen LogP contribution in [0.5, 0.6) is 0 Å². The molecule has 0 saturated heterocycles. The molecule has 6 nitrogen and oxygen atoms in total. The summed E-state index contributed by atoms with van der Waals surface area (Å²) in [6.45, 7) is 1.65. The number of hydrogen-bond acceptors (Lipinski definition) is 4. The van der Waals surface area contributed by atoms with Crippen LogP contribution in [0, 0.1) is 12.8 Å². The van der Waals surface area contributed by atoms with Gasteiger partial charge in [-0.3, -0.25) is 14.3 Å². The highest BCUT2D eigenvalue weighted by molar-refractivity contribution is 5.25. The first kappa shape index (κ1) is 13.3. The fraction of sp³-hybridized carbons (Fsp3) is 0.571. The minimum Gasteiger partial charge on any atom is -0.393 e. The van der Waals surface area contributed by atoms with E-state index in [1.54, 1.807) is 13.1 Å². The van der Waals surface area contributed by atoms with Gasteiger partial charge in [0.1, 0.15) is 0 Å². The molecule has 6 heteroatoms. The van der Waals surface area contributed by atoms with Crippen LogP contribution in [0.4, 0.5) is 0 Å². The fourth-order valence-corrected chi connectivity index (χ4v) is 3.33. The van der Waals surface area contributed by atoms with Crippen molar-refractivity contribution in [3.63, 3.8) is 0 Å². The summed E-state index contributed by atoms with van der Waals surface area (Å²) >= 11 is 0. The van der Waals surface area contributed by atoms with Crippen LogP contribution >= 0.6 is 0 Å². The highest BCUT2D eigenvalue weighted by Gasteiger charge is 2.41. The van der Waals surface area contributed by atoms with E-state index in [4.69, 9.17) is 0 Å². The molecule has 0 radical (unpaired) electrons. The lowest BCUT2D eigenvalue weighted by molar-refractivity contribution is 0.0844. The van der Waals surface area contributed by atoms with E-state index < -0.39 is 17.9 Å². The van der Waals surface area contributed by atoms with Crippen molar-refractivity contribution in [1.29, 1.82) is 0 Å². The maximum Gasteiger partial charge on any atom is 0.328 e. The molecule has 1 aromatic heterocycles. The molecule has 1 fully saturated rings. The van der Waals surface area contributed by atoms with Gasteiger partial charge in [-0.1, -0.05) is 6.08 Å². The third-order valence-corrected chi connectivity index (χ3v) is 4.38. The molecular formula is C14H18N2O4. The number of rotatable bonds is 1. The largest absolute Gasteiger partial charge is 0.393 e. The zero-order valence-electron chi connectivity index (χ0n) is 11.2. The summed E-state index contributed by atoms with van der Waals surface area (Å²) in [5.74, 6) is -0.0946.